The SMILES string of the molecule is CCOC(=O)c1cc(C2CCCCC2)n(-c2ccc(OCc3ccccc3)cc2)n1. The third-order valence-electron chi connectivity index (χ3n) is 5.57. The first-order valence-electron chi connectivity index (χ1n) is 10.8. The molecule has 4 rings (SSSR count). The standard InChI is InChI=1S/C25H28N2O3/c1-2-29-25(28)23-17-24(20-11-7-4-8-12-20)27(26-23)21-13-15-22(16-14-21)30-18-19-9-5-3-6-10-19/h3,5-6,9-10,13-17,20H,2,4,7-8,11-12,18H2,1H3. The summed E-state index contributed by atoms with van der Waals surface area (Å²) in [6.45, 7) is 2.69. The number of carbonyl (C=O) groups excluding carboxylic acids is 1. The van der Waals surface area contributed by atoms with Gasteiger partial charge in [-0.2, -0.15) is 5.10 Å². The third-order valence-corrected chi connectivity index (χ3v) is 5.57. The van der Waals surface area contributed by atoms with E-state index in [2.05, 4.69) is 5.10 Å². The van der Waals surface area contributed by atoms with E-state index < -0.39 is 0 Å². The maximum Gasteiger partial charge on any atom is 0.358 e. The van der Waals surface area contributed by atoms with E-state index in [0.29, 0.717) is 24.8 Å². The van der Waals surface area contributed by atoms with Crippen molar-refractivity contribution in [2.24, 2.45) is 0 Å². The zero-order valence-electron chi connectivity index (χ0n) is 17.4. The number of rotatable bonds is 7. The molecule has 1 heterocycles. The fourth-order valence-corrected chi connectivity index (χ4v) is 4.02. The molecule has 0 aliphatic heterocycles. The minimum Gasteiger partial charge on any atom is -0.489 e. The Morgan fingerprint density at radius 3 is 2.47 bits per heavy atom. The highest BCUT2D eigenvalue weighted by molar-refractivity contribution is 5.87. The van der Waals surface area contributed by atoms with Crippen molar-refractivity contribution in [2.75, 3.05) is 6.61 Å². The fourth-order valence-electron chi connectivity index (χ4n) is 4.02. The van der Waals surface area contributed by atoms with Gasteiger partial charge in [0, 0.05) is 11.6 Å². The molecule has 2 aromatic carbocycles. The van der Waals surface area contributed by atoms with Crippen LogP contribution in [0.4, 0.5) is 0 Å². The largest absolute Gasteiger partial charge is 0.489 e. The lowest BCUT2D eigenvalue weighted by molar-refractivity contribution is 0.0519. The Hall–Kier alpha value is -3.08. The van der Waals surface area contributed by atoms with Crippen molar-refractivity contribution in [1.82, 2.24) is 9.78 Å². The van der Waals surface area contributed by atoms with Gasteiger partial charge in [-0.15, -0.1) is 0 Å². The number of hydrogen-bond acceptors (Lipinski definition) is 4. The number of nitrogens with zero attached hydrogens (tertiary/aromatic N) is 2. The van der Waals surface area contributed by atoms with E-state index in [4.69, 9.17) is 9.47 Å². The molecule has 1 saturated carbocycles. The van der Waals surface area contributed by atoms with Crippen molar-refractivity contribution >= 4 is 5.97 Å². The first kappa shape index (κ1) is 20.2. The molecule has 3 aromatic rings. The Bertz CT molecular complexity index is 958. The lowest BCUT2D eigenvalue weighted by atomic mass is 9.86. The topological polar surface area (TPSA) is 53.4 Å². The number of hydrogen-bond donors (Lipinski definition) is 0. The molecule has 156 valence electrons. The molecule has 0 N–H and O–H groups in total. The highest BCUT2D eigenvalue weighted by Gasteiger charge is 2.24. The molecule has 0 atom stereocenters. The van der Waals surface area contributed by atoms with Crippen molar-refractivity contribution in [3.8, 4) is 11.4 Å². The van der Waals surface area contributed by atoms with Crippen LogP contribution in [0.3, 0.4) is 0 Å². The van der Waals surface area contributed by atoms with Gasteiger partial charge in [0.2, 0.25) is 0 Å². The van der Waals surface area contributed by atoms with Gasteiger partial charge in [0.15, 0.2) is 5.69 Å². The maximum atomic E-state index is 12.3. The number of esters is 1. The van der Waals surface area contributed by atoms with Crippen LogP contribution in [0.15, 0.2) is 60.7 Å². The number of carbonyl (C=O) groups is 1. The zero-order valence-corrected chi connectivity index (χ0v) is 17.4. The predicted octanol–water partition coefficient (Wildman–Crippen LogP) is 5.68. The van der Waals surface area contributed by atoms with Crippen LogP contribution in [0, 0.1) is 0 Å². The summed E-state index contributed by atoms with van der Waals surface area (Å²) in [5.74, 6) is 0.860. The molecule has 0 spiro atoms. The predicted molar refractivity (Wildman–Crippen MR) is 116 cm³/mol. The molecule has 0 amide bonds. The third kappa shape index (κ3) is 4.73. The van der Waals surface area contributed by atoms with Crippen molar-refractivity contribution in [1.29, 1.82) is 0 Å². The quantitative estimate of drug-likeness (QED) is 0.476. The Morgan fingerprint density at radius 2 is 1.77 bits per heavy atom. The monoisotopic (exact) mass is 404 g/mol. The van der Waals surface area contributed by atoms with Crippen LogP contribution in [-0.2, 0) is 11.3 Å². The number of benzene rings is 2. The normalized spacial score (nSPS) is 14.4. The van der Waals surface area contributed by atoms with Crippen LogP contribution in [0.2, 0.25) is 0 Å². The fraction of sp³-hybridized carbons (Fsp3) is 0.360. The average molecular weight is 405 g/mol. The van der Waals surface area contributed by atoms with Gasteiger partial charge < -0.3 is 9.47 Å². The average Bonchev–Trinajstić information content (AvgIpc) is 3.25. The highest BCUT2D eigenvalue weighted by atomic mass is 16.5. The molecule has 1 aliphatic rings. The molecule has 30 heavy (non-hydrogen) atoms. The van der Waals surface area contributed by atoms with Crippen molar-refractivity contribution < 1.29 is 14.3 Å². The van der Waals surface area contributed by atoms with Crippen LogP contribution in [0.5, 0.6) is 5.75 Å². The van der Waals surface area contributed by atoms with E-state index in [1.807, 2.05) is 72.3 Å². The second kappa shape index (κ2) is 9.61. The molecule has 5 nitrogen and oxygen atoms in total. The Morgan fingerprint density at radius 1 is 1.03 bits per heavy atom. The molecule has 5 heteroatoms. The van der Waals surface area contributed by atoms with Crippen molar-refractivity contribution in [3.05, 3.63) is 77.6 Å². The minimum atomic E-state index is -0.365. The Balaban J connectivity index is 1.56. The molecule has 1 fully saturated rings. The molecule has 0 radical (unpaired) electrons. The zero-order chi connectivity index (χ0) is 20.8. The molecule has 0 saturated heterocycles. The van der Waals surface area contributed by atoms with Gasteiger partial charge >= 0.3 is 5.97 Å². The summed E-state index contributed by atoms with van der Waals surface area (Å²) in [6.07, 6.45) is 5.98. The summed E-state index contributed by atoms with van der Waals surface area (Å²) in [6, 6.07) is 19.9. The summed E-state index contributed by atoms with van der Waals surface area (Å²) in [4.78, 5) is 12.3. The summed E-state index contributed by atoms with van der Waals surface area (Å²) in [5.41, 5.74) is 3.53. The van der Waals surface area contributed by atoms with E-state index in [-0.39, 0.29) is 5.97 Å². The minimum absolute atomic E-state index is 0.345. The first-order valence-corrected chi connectivity index (χ1v) is 10.8. The van der Waals surface area contributed by atoms with Gasteiger partial charge in [-0.05, 0) is 55.7 Å². The highest BCUT2D eigenvalue weighted by Crippen LogP contribution is 2.34. The van der Waals surface area contributed by atoms with Gasteiger partial charge in [0.25, 0.3) is 0 Å². The Kier molecular flexibility index (Phi) is 6.47. The number of ether oxygens (including phenoxy) is 2. The summed E-state index contributed by atoms with van der Waals surface area (Å²) in [5, 5.41) is 4.60. The molecule has 0 unspecified atom stereocenters. The van der Waals surface area contributed by atoms with Crippen LogP contribution in [0.25, 0.3) is 5.69 Å². The van der Waals surface area contributed by atoms with E-state index in [9.17, 15) is 4.79 Å². The van der Waals surface area contributed by atoms with E-state index in [0.717, 1.165) is 35.5 Å². The lowest BCUT2D eigenvalue weighted by Gasteiger charge is -2.22. The summed E-state index contributed by atoms with van der Waals surface area (Å²) < 4.78 is 13.0. The first-order chi connectivity index (χ1) is 14.7. The van der Waals surface area contributed by atoms with Gasteiger partial charge in [-0.3, -0.25) is 0 Å². The van der Waals surface area contributed by atoms with Crippen LogP contribution >= 0.6 is 0 Å². The van der Waals surface area contributed by atoms with E-state index in [1.54, 1.807) is 0 Å². The van der Waals surface area contributed by atoms with Crippen LogP contribution < -0.4 is 4.74 Å². The second-order valence-electron chi connectivity index (χ2n) is 7.69. The van der Waals surface area contributed by atoms with Crippen molar-refractivity contribution in [3.63, 3.8) is 0 Å². The van der Waals surface area contributed by atoms with Gasteiger partial charge in [0.05, 0.1) is 12.3 Å². The summed E-state index contributed by atoms with van der Waals surface area (Å²) in [7, 11) is 0. The van der Waals surface area contributed by atoms with E-state index >= 15 is 0 Å². The summed E-state index contributed by atoms with van der Waals surface area (Å²) >= 11 is 0. The smallest absolute Gasteiger partial charge is 0.358 e. The molecule has 1 aromatic heterocycles. The van der Waals surface area contributed by atoms with Gasteiger partial charge in [-0.25, -0.2) is 9.48 Å². The molecular formula is C25H28N2O3. The van der Waals surface area contributed by atoms with Gasteiger partial charge in [0.1, 0.15) is 12.4 Å². The van der Waals surface area contributed by atoms with Crippen LogP contribution in [0.1, 0.15) is 66.7 Å². The van der Waals surface area contributed by atoms with Crippen molar-refractivity contribution in [2.45, 2.75) is 51.6 Å². The maximum absolute atomic E-state index is 12.3. The molecule has 0 bridgehead atoms. The lowest BCUT2D eigenvalue weighted by Crippen LogP contribution is -2.11. The second-order valence-corrected chi connectivity index (χ2v) is 7.69. The Labute approximate surface area is 177 Å². The molecular weight excluding hydrogens is 376 g/mol. The van der Waals surface area contributed by atoms with Crippen LogP contribution in [-0.4, -0.2) is 22.4 Å². The van der Waals surface area contributed by atoms with E-state index in [1.165, 1.54) is 19.3 Å². The van der Waals surface area contributed by atoms with Gasteiger partial charge in [-0.1, -0.05) is 49.6 Å². The number of aromatic nitrogens is 2. The molecule has 1 aliphatic carbocycles.